The van der Waals surface area contributed by atoms with Gasteiger partial charge in [-0.3, -0.25) is 4.79 Å². The number of morpholine rings is 1. The van der Waals surface area contributed by atoms with Crippen molar-refractivity contribution in [1.82, 2.24) is 15.1 Å². The number of benzene rings is 1. The van der Waals surface area contributed by atoms with Crippen LogP contribution in [0, 0.1) is 18.6 Å². The number of halogens is 3. The highest BCUT2D eigenvalue weighted by Crippen LogP contribution is 2.28. The minimum Gasteiger partial charge on any atom is -0.423 e. The van der Waals surface area contributed by atoms with Crippen LogP contribution >= 0.6 is 11.6 Å². The van der Waals surface area contributed by atoms with Gasteiger partial charge in [0.2, 0.25) is 11.8 Å². The van der Waals surface area contributed by atoms with Crippen LogP contribution in [0.2, 0.25) is 5.02 Å². The third kappa shape index (κ3) is 3.04. The van der Waals surface area contributed by atoms with Crippen molar-refractivity contribution in [2.45, 2.75) is 13.0 Å². The van der Waals surface area contributed by atoms with E-state index in [0.29, 0.717) is 12.5 Å². The fraction of sp³-hybridized carbons (Fsp3) is 0.357. The minimum atomic E-state index is -1.14. The third-order valence-corrected chi connectivity index (χ3v) is 3.77. The zero-order valence-corrected chi connectivity index (χ0v) is 12.8. The van der Waals surface area contributed by atoms with E-state index in [9.17, 15) is 13.6 Å². The van der Waals surface area contributed by atoms with Crippen molar-refractivity contribution < 1.29 is 22.7 Å². The van der Waals surface area contributed by atoms with Gasteiger partial charge in [0, 0.05) is 13.5 Å². The second-order valence-corrected chi connectivity index (χ2v) is 5.40. The van der Waals surface area contributed by atoms with Crippen LogP contribution in [0.15, 0.2) is 16.5 Å². The number of carbonyl (C=O) groups excluding carboxylic acids is 1. The Morgan fingerprint density at radius 1 is 1.35 bits per heavy atom. The molecule has 1 amide bonds. The molecule has 1 aromatic carbocycles. The molecule has 0 spiro atoms. The van der Waals surface area contributed by atoms with Crippen LogP contribution in [0.3, 0.4) is 0 Å². The van der Waals surface area contributed by atoms with Crippen LogP contribution in [0.25, 0.3) is 0 Å². The number of carbonyl (C=O) groups is 1. The monoisotopic (exact) mass is 343 g/mol. The molecule has 0 unspecified atom stereocenters. The van der Waals surface area contributed by atoms with Gasteiger partial charge in [0.1, 0.15) is 6.04 Å². The van der Waals surface area contributed by atoms with Gasteiger partial charge in [-0.05, 0) is 12.1 Å². The van der Waals surface area contributed by atoms with Crippen molar-refractivity contribution in [3.05, 3.63) is 46.1 Å². The van der Waals surface area contributed by atoms with E-state index >= 15 is 0 Å². The molecule has 0 aliphatic carbocycles. The summed E-state index contributed by atoms with van der Waals surface area (Å²) in [4.78, 5) is 14.1. The number of aryl methyl sites for hydroxylation is 1. The average molecular weight is 344 g/mol. The van der Waals surface area contributed by atoms with Crippen molar-refractivity contribution >= 4 is 17.5 Å². The summed E-state index contributed by atoms with van der Waals surface area (Å²) in [6.45, 7) is 2.32. The maximum atomic E-state index is 13.4. The normalized spacial score (nSPS) is 18.3. The highest BCUT2D eigenvalue weighted by atomic mass is 35.5. The molecule has 1 fully saturated rings. The fourth-order valence-electron chi connectivity index (χ4n) is 2.34. The van der Waals surface area contributed by atoms with Gasteiger partial charge in [-0.15, -0.1) is 10.2 Å². The first kappa shape index (κ1) is 15.8. The summed E-state index contributed by atoms with van der Waals surface area (Å²) >= 11 is 5.88. The molecule has 9 heteroatoms. The zero-order valence-electron chi connectivity index (χ0n) is 12.1. The lowest BCUT2D eigenvalue weighted by atomic mass is 10.1. The van der Waals surface area contributed by atoms with Crippen molar-refractivity contribution in [1.29, 1.82) is 0 Å². The maximum absolute atomic E-state index is 13.4. The highest BCUT2D eigenvalue weighted by molar-refractivity contribution is 6.33. The van der Waals surface area contributed by atoms with Gasteiger partial charge in [0.15, 0.2) is 11.6 Å². The first-order valence-corrected chi connectivity index (χ1v) is 7.18. The highest BCUT2D eigenvalue weighted by Gasteiger charge is 2.34. The summed E-state index contributed by atoms with van der Waals surface area (Å²) in [6, 6.07) is 0.948. The number of ether oxygens (including phenoxy) is 1. The molecule has 1 atom stereocenters. The Bertz CT molecular complexity index is 753. The van der Waals surface area contributed by atoms with Gasteiger partial charge in [-0.25, -0.2) is 8.78 Å². The molecule has 2 aromatic rings. The van der Waals surface area contributed by atoms with Crippen LogP contribution in [0.5, 0.6) is 0 Å². The lowest BCUT2D eigenvalue weighted by Gasteiger charge is -2.33. The smallest absolute Gasteiger partial charge is 0.256 e. The molecule has 23 heavy (non-hydrogen) atoms. The van der Waals surface area contributed by atoms with E-state index in [1.807, 2.05) is 0 Å². The molecule has 0 radical (unpaired) electrons. The number of aromatic nitrogens is 2. The van der Waals surface area contributed by atoms with E-state index < -0.39 is 23.6 Å². The lowest BCUT2D eigenvalue weighted by Crippen LogP contribution is -2.43. The third-order valence-electron chi connectivity index (χ3n) is 3.46. The van der Waals surface area contributed by atoms with E-state index in [0.717, 1.165) is 12.1 Å². The van der Waals surface area contributed by atoms with Gasteiger partial charge in [0.05, 0.1) is 23.8 Å². The first-order chi connectivity index (χ1) is 11.0. The van der Waals surface area contributed by atoms with Gasteiger partial charge in [-0.2, -0.15) is 0 Å². The van der Waals surface area contributed by atoms with Crippen LogP contribution in [0.4, 0.5) is 8.78 Å². The maximum Gasteiger partial charge on any atom is 0.256 e. The van der Waals surface area contributed by atoms with Crippen molar-refractivity contribution in [3.63, 3.8) is 0 Å². The Kier molecular flexibility index (Phi) is 4.27. The van der Waals surface area contributed by atoms with Gasteiger partial charge < -0.3 is 14.1 Å². The summed E-state index contributed by atoms with van der Waals surface area (Å²) in [7, 11) is 0. The Morgan fingerprint density at radius 2 is 2.09 bits per heavy atom. The molecule has 1 aliphatic heterocycles. The Balaban J connectivity index is 1.94. The zero-order chi connectivity index (χ0) is 16.6. The Morgan fingerprint density at radius 3 is 2.78 bits per heavy atom. The fourth-order valence-corrected chi connectivity index (χ4v) is 2.57. The van der Waals surface area contributed by atoms with E-state index in [1.54, 1.807) is 6.92 Å². The summed E-state index contributed by atoms with van der Waals surface area (Å²) in [6.07, 6.45) is 0. The molecule has 6 nitrogen and oxygen atoms in total. The molecule has 122 valence electrons. The summed E-state index contributed by atoms with van der Waals surface area (Å²) in [5.74, 6) is -2.25. The number of hydrogen-bond donors (Lipinski definition) is 0. The second-order valence-electron chi connectivity index (χ2n) is 4.99. The lowest BCUT2D eigenvalue weighted by molar-refractivity contribution is -0.0106. The van der Waals surface area contributed by atoms with Crippen molar-refractivity contribution in [2.75, 3.05) is 19.8 Å². The quantitative estimate of drug-likeness (QED) is 0.784. The van der Waals surface area contributed by atoms with Gasteiger partial charge in [0.25, 0.3) is 5.91 Å². The minimum absolute atomic E-state index is 0.131. The molecule has 1 aromatic heterocycles. The van der Waals surface area contributed by atoms with E-state index in [4.69, 9.17) is 20.8 Å². The molecular weight excluding hydrogens is 332 g/mol. The van der Waals surface area contributed by atoms with Crippen LogP contribution in [-0.2, 0) is 4.74 Å². The number of rotatable bonds is 2. The standard InChI is InChI=1S/C14H12ClF2N3O3/c1-7-18-19-13(23-7)12-6-22-3-2-20(12)14(21)8-4-10(16)11(17)5-9(8)15/h4-5,12H,2-3,6H2,1H3/t12-/m0/s1. The molecule has 1 aliphatic rings. The number of amides is 1. The Labute approximate surface area is 135 Å². The largest absolute Gasteiger partial charge is 0.423 e. The van der Waals surface area contributed by atoms with Crippen LogP contribution in [-0.4, -0.2) is 40.8 Å². The van der Waals surface area contributed by atoms with Gasteiger partial charge >= 0.3 is 0 Å². The summed E-state index contributed by atoms with van der Waals surface area (Å²) < 4.78 is 37.3. The Hall–Kier alpha value is -2.06. The summed E-state index contributed by atoms with van der Waals surface area (Å²) in [5, 5.41) is 7.45. The molecule has 3 rings (SSSR count). The number of nitrogens with zero attached hydrogens (tertiary/aromatic N) is 3. The van der Waals surface area contributed by atoms with E-state index in [2.05, 4.69) is 10.2 Å². The first-order valence-electron chi connectivity index (χ1n) is 6.80. The second kappa shape index (κ2) is 6.21. The molecular formula is C14H12ClF2N3O3. The van der Waals surface area contributed by atoms with E-state index in [1.165, 1.54) is 4.90 Å². The predicted octanol–water partition coefficient (Wildman–Crippen LogP) is 2.52. The van der Waals surface area contributed by atoms with Crippen molar-refractivity contribution in [2.24, 2.45) is 0 Å². The average Bonchev–Trinajstić information content (AvgIpc) is 2.96. The predicted molar refractivity (Wildman–Crippen MR) is 75.0 cm³/mol. The molecule has 2 heterocycles. The number of hydrogen-bond acceptors (Lipinski definition) is 5. The molecule has 0 saturated carbocycles. The van der Waals surface area contributed by atoms with E-state index in [-0.39, 0.29) is 29.6 Å². The molecule has 1 saturated heterocycles. The van der Waals surface area contributed by atoms with Gasteiger partial charge in [-0.1, -0.05) is 11.6 Å². The summed E-state index contributed by atoms with van der Waals surface area (Å²) in [5.41, 5.74) is -0.131. The molecule has 0 bridgehead atoms. The van der Waals surface area contributed by atoms with Crippen molar-refractivity contribution in [3.8, 4) is 0 Å². The van der Waals surface area contributed by atoms with Crippen LogP contribution in [0.1, 0.15) is 28.2 Å². The SMILES string of the molecule is Cc1nnc([C@@H]2COCCN2C(=O)c2cc(F)c(F)cc2Cl)o1. The molecule has 0 N–H and O–H groups in total. The van der Waals surface area contributed by atoms with Crippen LogP contribution < -0.4 is 0 Å². The topological polar surface area (TPSA) is 68.5 Å².